The van der Waals surface area contributed by atoms with E-state index in [4.69, 9.17) is 0 Å². The topological polar surface area (TPSA) is 52.7 Å². The summed E-state index contributed by atoms with van der Waals surface area (Å²) in [6.07, 6.45) is 1.71. The zero-order chi connectivity index (χ0) is 17.6. The number of hydrogen-bond acceptors (Lipinski definition) is 3. The molecule has 0 amide bonds. The third kappa shape index (κ3) is 2.45. The number of para-hydroxylation sites is 1. The van der Waals surface area contributed by atoms with Crippen LogP contribution in [0, 0.1) is 20.8 Å². The molecule has 0 fully saturated rings. The van der Waals surface area contributed by atoms with Gasteiger partial charge >= 0.3 is 0 Å². The van der Waals surface area contributed by atoms with Gasteiger partial charge in [-0.3, -0.25) is 4.79 Å². The van der Waals surface area contributed by atoms with Crippen LogP contribution in [0.4, 0.5) is 0 Å². The van der Waals surface area contributed by atoms with Crippen LogP contribution < -0.4 is 5.56 Å². The lowest BCUT2D eigenvalue weighted by molar-refractivity contribution is 0.790. The molecule has 5 nitrogen and oxygen atoms in total. The molecule has 0 radical (unpaired) electrons. The molecule has 4 aromatic rings. The van der Waals surface area contributed by atoms with Crippen LogP contribution in [-0.2, 0) is 0 Å². The minimum atomic E-state index is -0.176. The van der Waals surface area contributed by atoms with Gasteiger partial charge in [-0.2, -0.15) is 14.9 Å². The minimum Gasteiger partial charge on any atom is -0.265 e. The molecule has 0 unspecified atom stereocenters. The van der Waals surface area contributed by atoms with Gasteiger partial charge in [-0.15, -0.1) is 0 Å². The van der Waals surface area contributed by atoms with Crippen molar-refractivity contribution in [2.75, 3.05) is 0 Å². The summed E-state index contributed by atoms with van der Waals surface area (Å²) in [4.78, 5) is 13.2. The standard InChI is InChI=1S/C20H18N4O/c1-13-8-10-16(11-9-13)23-20(25)19-17(15(3)22-23)12-21-24(19)18-7-5-4-6-14(18)2/h4-12H,1-3H3. The summed E-state index contributed by atoms with van der Waals surface area (Å²) in [7, 11) is 0. The number of rotatable bonds is 2. The zero-order valence-corrected chi connectivity index (χ0v) is 14.4. The second-order valence-corrected chi connectivity index (χ2v) is 6.24. The molecule has 0 aliphatic rings. The summed E-state index contributed by atoms with van der Waals surface area (Å²) in [6, 6.07) is 15.7. The fourth-order valence-corrected chi connectivity index (χ4v) is 3.01. The predicted molar refractivity (Wildman–Crippen MR) is 98.7 cm³/mol. The van der Waals surface area contributed by atoms with Crippen molar-refractivity contribution >= 4 is 10.9 Å². The lowest BCUT2D eigenvalue weighted by Gasteiger charge is -2.10. The van der Waals surface area contributed by atoms with Gasteiger partial charge in [0.15, 0.2) is 0 Å². The maximum absolute atomic E-state index is 13.2. The van der Waals surface area contributed by atoms with Crippen molar-refractivity contribution in [2.24, 2.45) is 0 Å². The van der Waals surface area contributed by atoms with Crippen molar-refractivity contribution in [3.05, 3.63) is 81.9 Å². The van der Waals surface area contributed by atoms with Crippen molar-refractivity contribution in [2.45, 2.75) is 20.8 Å². The Morgan fingerprint density at radius 3 is 2.32 bits per heavy atom. The van der Waals surface area contributed by atoms with Crippen LogP contribution >= 0.6 is 0 Å². The van der Waals surface area contributed by atoms with Gasteiger partial charge in [0.1, 0.15) is 5.52 Å². The SMILES string of the molecule is Cc1ccc(-n2nc(C)c3cnn(-c4ccccc4C)c3c2=O)cc1. The summed E-state index contributed by atoms with van der Waals surface area (Å²) in [5, 5.41) is 9.72. The molecule has 0 N–H and O–H groups in total. The Hall–Kier alpha value is -3.21. The highest BCUT2D eigenvalue weighted by Gasteiger charge is 2.16. The summed E-state index contributed by atoms with van der Waals surface area (Å²) >= 11 is 0. The smallest absolute Gasteiger partial charge is 0.265 e. The Morgan fingerprint density at radius 2 is 1.60 bits per heavy atom. The number of benzene rings is 2. The first-order valence-electron chi connectivity index (χ1n) is 8.17. The van der Waals surface area contributed by atoms with Gasteiger partial charge in [-0.05, 0) is 44.5 Å². The van der Waals surface area contributed by atoms with Crippen LogP contribution in [-0.4, -0.2) is 19.6 Å². The van der Waals surface area contributed by atoms with Gasteiger partial charge in [0.25, 0.3) is 5.56 Å². The number of aryl methyl sites for hydroxylation is 3. The Morgan fingerprint density at radius 1 is 0.880 bits per heavy atom. The highest BCUT2D eigenvalue weighted by Crippen LogP contribution is 2.20. The summed E-state index contributed by atoms with van der Waals surface area (Å²) in [5.74, 6) is 0. The molecule has 2 heterocycles. The van der Waals surface area contributed by atoms with Gasteiger partial charge in [-0.1, -0.05) is 35.9 Å². The van der Waals surface area contributed by atoms with E-state index in [-0.39, 0.29) is 5.56 Å². The fraction of sp³-hybridized carbons (Fsp3) is 0.150. The van der Waals surface area contributed by atoms with Crippen molar-refractivity contribution in [3.8, 4) is 11.4 Å². The molecule has 0 spiro atoms. The Bertz CT molecular complexity index is 1140. The molecule has 124 valence electrons. The third-order valence-electron chi connectivity index (χ3n) is 4.43. The van der Waals surface area contributed by atoms with Crippen LogP contribution in [0.15, 0.2) is 59.5 Å². The predicted octanol–water partition coefficient (Wildman–Crippen LogP) is 3.50. The highest BCUT2D eigenvalue weighted by atomic mass is 16.1. The van der Waals surface area contributed by atoms with E-state index in [2.05, 4.69) is 10.2 Å². The molecule has 0 aliphatic carbocycles. The van der Waals surface area contributed by atoms with Crippen molar-refractivity contribution in [1.82, 2.24) is 19.6 Å². The molecule has 0 saturated carbocycles. The molecule has 4 rings (SSSR count). The second kappa shape index (κ2) is 5.70. The van der Waals surface area contributed by atoms with Crippen LogP contribution in [0.2, 0.25) is 0 Å². The summed E-state index contributed by atoms with van der Waals surface area (Å²) < 4.78 is 3.17. The van der Waals surface area contributed by atoms with E-state index in [1.807, 2.05) is 69.3 Å². The quantitative estimate of drug-likeness (QED) is 0.565. The number of hydrogen-bond donors (Lipinski definition) is 0. The first-order chi connectivity index (χ1) is 12.1. The van der Waals surface area contributed by atoms with E-state index in [0.29, 0.717) is 5.52 Å². The second-order valence-electron chi connectivity index (χ2n) is 6.24. The van der Waals surface area contributed by atoms with Gasteiger partial charge in [-0.25, -0.2) is 4.68 Å². The highest BCUT2D eigenvalue weighted by molar-refractivity contribution is 5.81. The lowest BCUT2D eigenvalue weighted by Crippen LogP contribution is -2.24. The minimum absolute atomic E-state index is 0.176. The third-order valence-corrected chi connectivity index (χ3v) is 4.43. The van der Waals surface area contributed by atoms with Crippen LogP contribution in [0.1, 0.15) is 16.8 Å². The number of aromatic nitrogens is 4. The monoisotopic (exact) mass is 330 g/mol. The average molecular weight is 330 g/mol. The molecule has 0 aliphatic heterocycles. The Balaban J connectivity index is 2.05. The van der Waals surface area contributed by atoms with E-state index in [1.165, 1.54) is 4.68 Å². The van der Waals surface area contributed by atoms with E-state index in [9.17, 15) is 4.79 Å². The number of nitrogens with zero attached hydrogens (tertiary/aromatic N) is 4. The van der Waals surface area contributed by atoms with Crippen LogP contribution in [0.3, 0.4) is 0 Å². The first-order valence-corrected chi connectivity index (χ1v) is 8.17. The Labute approximate surface area is 145 Å². The molecule has 0 saturated heterocycles. The average Bonchev–Trinajstić information content (AvgIpc) is 3.05. The van der Waals surface area contributed by atoms with Crippen molar-refractivity contribution < 1.29 is 0 Å². The Kier molecular flexibility index (Phi) is 3.50. The molecule has 5 heteroatoms. The molecule has 2 aromatic carbocycles. The van der Waals surface area contributed by atoms with E-state index < -0.39 is 0 Å². The molecule has 2 aromatic heterocycles. The maximum atomic E-state index is 13.2. The summed E-state index contributed by atoms with van der Waals surface area (Å²) in [6.45, 7) is 5.92. The van der Waals surface area contributed by atoms with Crippen molar-refractivity contribution in [1.29, 1.82) is 0 Å². The largest absolute Gasteiger partial charge is 0.298 e. The van der Waals surface area contributed by atoms with E-state index in [1.54, 1.807) is 10.9 Å². The van der Waals surface area contributed by atoms with Gasteiger partial charge < -0.3 is 0 Å². The van der Waals surface area contributed by atoms with Gasteiger partial charge in [0, 0.05) is 5.39 Å². The van der Waals surface area contributed by atoms with E-state index >= 15 is 0 Å². The fourth-order valence-electron chi connectivity index (χ4n) is 3.01. The molecule has 25 heavy (non-hydrogen) atoms. The maximum Gasteiger partial charge on any atom is 0.298 e. The van der Waals surface area contributed by atoms with Crippen LogP contribution in [0.5, 0.6) is 0 Å². The lowest BCUT2D eigenvalue weighted by atomic mass is 10.2. The molecule has 0 atom stereocenters. The molecular weight excluding hydrogens is 312 g/mol. The summed E-state index contributed by atoms with van der Waals surface area (Å²) in [5.41, 5.74) is 4.99. The van der Waals surface area contributed by atoms with Crippen molar-refractivity contribution in [3.63, 3.8) is 0 Å². The van der Waals surface area contributed by atoms with E-state index in [0.717, 1.165) is 33.6 Å². The van der Waals surface area contributed by atoms with Gasteiger partial charge in [0.2, 0.25) is 0 Å². The van der Waals surface area contributed by atoms with Crippen LogP contribution in [0.25, 0.3) is 22.3 Å². The number of fused-ring (bicyclic) bond motifs is 1. The molecular formula is C20H18N4O. The molecule has 0 bridgehead atoms. The zero-order valence-electron chi connectivity index (χ0n) is 14.4. The van der Waals surface area contributed by atoms with Gasteiger partial charge in [0.05, 0.1) is 23.3 Å². The normalized spacial score (nSPS) is 11.2. The first kappa shape index (κ1) is 15.3.